The average Bonchev–Trinajstić information content (AvgIpc) is 3.26. The van der Waals surface area contributed by atoms with Crippen LogP contribution in [-0.4, -0.2) is 35.4 Å². The summed E-state index contributed by atoms with van der Waals surface area (Å²) >= 11 is 0. The van der Waals surface area contributed by atoms with Gasteiger partial charge in [0, 0.05) is 36.1 Å². The summed E-state index contributed by atoms with van der Waals surface area (Å²) in [6.45, 7) is 5.43. The van der Waals surface area contributed by atoms with Crippen LogP contribution in [0.25, 0.3) is 10.9 Å². The lowest BCUT2D eigenvalue weighted by atomic mass is 9.65. The zero-order valence-electron chi connectivity index (χ0n) is 20.6. The first-order valence-corrected chi connectivity index (χ1v) is 13.3. The van der Waals surface area contributed by atoms with Crippen LogP contribution in [0.4, 0.5) is 0 Å². The minimum Gasteiger partial charge on any atom is -0.357 e. The van der Waals surface area contributed by atoms with E-state index in [0.717, 1.165) is 51.6 Å². The van der Waals surface area contributed by atoms with Gasteiger partial charge in [-0.15, -0.1) is 0 Å². The molecule has 0 saturated carbocycles. The standard InChI is InChI=1S/C30H39N3O/c1-2-30(19-16-27(34)31-20-9-8-13-23-11-4-3-5-12-23)18-10-21-33-22-17-25-24-14-6-7-15-26(24)32-28(25)29(30)33/h3-7,11-12,14-15,29,32H,2,8-10,13,16-22H2,1H3,(H,31,34)/t29-,30-/m1/s1. The van der Waals surface area contributed by atoms with Crippen LogP contribution < -0.4 is 5.32 Å². The van der Waals surface area contributed by atoms with Gasteiger partial charge in [0.05, 0.1) is 6.04 Å². The molecule has 0 aliphatic carbocycles. The number of H-pyrrole nitrogens is 1. The van der Waals surface area contributed by atoms with Crippen LogP contribution in [-0.2, 0) is 17.6 Å². The lowest BCUT2D eigenvalue weighted by Crippen LogP contribution is -2.49. The topological polar surface area (TPSA) is 48.1 Å². The maximum atomic E-state index is 12.8. The number of aromatic amines is 1. The summed E-state index contributed by atoms with van der Waals surface area (Å²) in [4.78, 5) is 19.3. The molecule has 0 unspecified atom stereocenters. The van der Waals surface area contributed by atoms with Crippen molar-refractivity contribution in [3.05, 3.63) is 71.4 Å². The van der Waals surface area contributed by atoms with Crippen LogP contribution in [0.15, 0.2) is 54.6 Å². The molecular formula is C30H39N3O. The smallest absolute Gasteiger partial charge is 0.220 e. The number of para-hydroxylation sites is 1. The zero-order valence-corrected chi connectivity index (χ0v) is 20.6. The third-order valence-electron chi connectivity index (χ3n) is 8.45. The fraction of sp³-hybridized carbons (Fsp3) is 0.500. The lowest BCUT2D eigenvalue weighted by Gasteiger charge is -2.52. The predicted octanol–water partition coefficient (Wildman–Crippen LogP) is 6.18. The van der Waals surface area contributed by atoms with Gasteiger partial charge < -0.3 is 10.3 Å². The molecule has 0 spiro atoms. The van der Waals surface area contributed by atoms with E-state index in [9.17, 15) is 4.79 Å². The number of rotatable bonds is 9. The molecule has 0 bridgehead atoms. The third-order valence-corrected chi connectivity index (χ3v) is 8.45. The van der Waals surface area contributed by atoms with Crippen LogP contribution in [0.5, 0.6) is 0 Å². The Kier molecular flexibility index (Phi) is 7.05. The van der Waals surface area contributed by atoms with E-state index in [-0.39, 0.29) is 11.3 Å². The van der Waals surface area contributed by atoms with Crippen LogP contribution in [0.2, 0.25) is 0 Å². The van der Waals surface area contributed by atoms with Crippen molar-refractivity contribution in [1.29, 1.82) is 0 Å². The summed E-state index contributed by atoms with van der Waals surface area (Å²) in [5.74, 6) is 0.220. The van der Waals surface area contributed by atoms with Crippen molar-refractivity contribution in [2.45, 2.75) is 70.8 Å². The summed E-state index contributed by atoms with van der Waals surface area (Å²) in [5.41, 5.74) is 5.75. The summed E-state index contributed by atoms with van der Waals surface area (Å²) in [6.07, 6.45) is 9.52. The monoisotopic (exact) mass is 457 g/mol. The van der Waals surface area contributed by atoms with Crippen LogP contribution in [0.1, 0.15) is 74.7 Å². The average molecular weight is 458 g/mol. The number of aromatic nitrogens is 1. The molecule has 2 atom stereocenters. The highest BCUT2D eigenvalue weighted by atomic mass is 16.1. The number of nitrogens with one attached hydrogen (secondary N) is 2. The Morgan fingerprint density at radius 2 is 1.91 bits per heavy atom. The molecule has 3 heterocycles. The number of aryl methyl sites for hydroxylation is 1. The Hall–Kier alpha value is -2.59. The molecule has 0 radical (unpaired) electrons. The molecule has 1 amide bonds. The number of benzene rings is 2. The van der Waals surface area contributed by atoms with Crippen molar-refractivity contribution in [3.8, 4) is 0 Å². The number of carbonyl (C=O) groups is 1. The lowest BCUT2D eigenvalue weighted by molar-refractivity contribution is -0.122. The quantitative estimate of drug-likeness (QED) is 0.377. The van der Waals surface area contributed by atoms with E-state index in [1.165, 1.54) is 47.1 Å². The zero-order chi connectivity index (χ0) is 23.4. The molecule has 180 valence electrons. The van der Waals surface area contributed by atoms with Gasteiger partial charge in [-0.1, -0.05) is 55.5 Å². The van der Waals surface area contributed by atoms with Crippen molar-refractivity contribution in [2.75, 3.05) is 19.6 Å². The van der Waals surface area contributed by atoms with Crippen molar-refractivity contribution in [1.82, 2.24) is 15.2 Å². The van der Waals surface area contributed by atoms with Crippen LogP contribution in [0, 0.1) is 5.41 Å². The van der Waals surface area contributed by atoms with Gasteiger partial charge in [0.15, 0.2) is 0 Å². The fourth-order valence-electron chi connectivity index (χ4n) is 6.58. The SMILES string of the molecule is CC[C@]1(CCC(=O)NCCCCc2ccccc2)CCCN2CCc3c([nH]c4ccccc34)[C@@H]21. The van der Waals surface area contributed by atoms with E-state index in [1.807, 2.05) is 0 Å². The summed E-state index contributed by atoms with van der Waals surface area (Å²) in [7, 11) is 0. The van der Waals surface area contributed by atoms with Gasteiger partial charge in [0.25, 0.3) is 0 Å². The second kappa shape index (κ2) is 10.4. The molecule has 4 nitrogen and oxygen atoms in total. The minimum absolute atomic E-state index is 0.166. The number of amides is 1. The second-order valence-corrected chi connectivity index (χ2v) is 10.4. The molecule has 1 saturated heterocycles. The number of hydrogen-bond acceptors (Lipinski definition) is 2. The Morgan fingerprint density at radius 1 is 1.09 bits per heavy atom. The number of fused-ring (bicyclic) bond motifs is 5. The van der Waals surface area contributed by atoms with Gasteiger partial charge in [-0.2, -0.15) is 0 Å². The highest BCUT2D eigenvalue weighted by Crippen LogP contribution is 2.53. The van der Waals surface area contributed by atoms with E-state index in [4.69, 9.17) is 0 Å². The van der Waals surface area contributed by atoms with Gasteiger partial charge in [-0.3, -0.25) is 9.69 Å². The van der Waals surface area contributed by atoms with E-state index in [1.54, 1.807) is 0 Å². The minimum atomic E-state index is 0.166. The molecule has 5 rings (SSSR count). The molecule has 2 aliphatic rings. The first-order valence-electron chi connectivity index (χ1n) is 13.3. The van der Waals surface area contributed by atoms with Crippen molar-refractivity contribution >= 4 is 16.8 Å². The fourth-order valence-corrected chi connectivity index (χ4v) is 6.58. The van der Waals surface area contributed by atoms with Gasteiger partial charge in [-0.25, -0.2) is 0 Å². The second-order valence-electron chi connectivity index (χ2n) is 10.4. The molecular weight excluding hydrogens is 418 g/mol. The number of unbranched alkanes of at least 4 members (excludes halogenated alkanes) is 1. The molecule has 4 heteroatoms. The van der Waals surface area contributed by atoms with Gasteiger partial charge in [-0.05, 0) is 80.5 Å². The molecule has 3 aromatic rings. The van der Waals surface area contributed by atoms with Crippen LogP contribution in [0.3, 0.4) is 0 Å². The molecule has 2 aliphatic heterocycles. The first-order chi connectivity index (χ1) is 16.7. The Labute approximate surface area is 204 Å². The molecule has 2 N–H and O–H groups in total. The highest BCUT2D eigenvalue weighted by Gasteiger charge is 2.47. The van der Waals surface area contributed by atoms with Gasteiger partial charge in [0.2, 0.25) is 5.91 Å². The summed E-state index contributed by atoms with van der Waals surface area (Å²) < 4.78 is 0. The van der Waals surface area contributed by atoms with E-state index in [2.05, 4.69) is 76.7 Å². The Balaban J connectivity index is 1.21. The van der Waals surface area contributed by atoms with Gasteiger partial charge >= 0.3 is 0 Å². The normalized spacial score (nSPS) is 22.3. The predicted molar refractivity (Wildman–Crippen MR) is 140 cm³/mol. The van der Waals surface area contributed by atoms with Crippen molar-refractivity contribution in [2.24, 2.45) is 5.41 Å². The highest BCUT2D eigenvalue weighted by molar-refractivity contribution is 5.85. The van der Waals surface area contributed by atoms with Crippen LogP contribution >= 0.6 is 0 Å². The van der Waals surface area contributed by atoms with Crippen molar-refractivity contribution < 1.29 is 4.79 Å². The van der Waals surface area contributed by atoms with Crippen molar-refractivity contribution in [3.63, 3.8) is 0 Å². The molecule has 34 heavy (non-hydrogen) atoms. The maximum absolute atomic E-state index is 12.8. The Bertz CT molecular complexity index is 1100. The molecule has 1 aromatic heterocycles. The largest absolute Gasteiger partial charge is 0.357 e. The van der Waals surface area contributed by atoms with E-state index < -0.39 is 0 Å². The third kappa shape index (κ3) is 4.65. The number of hydrogen-bond donors (Lipinski definition) is 2. The summed E-state index contributed by atoms with van der Waals surface area (Å²) in [5, 5.41) is 4.59. The Morgan fingerprint density at radius 3 is 2.76 bits per heavy atom. The number of nitrogens with zero attached hydrogens (tertiary/aromatic N) is 1. The number of piperidine rings is 1. The van der Waals surface area contributed by atoms with E-state index >= 15 is 0 Å². The molecule has 2 aromatic carbocycles. The van der Waals surface area contributed by atoms with E-state index in [0.29, 0.717) is 12.5 Å². The molecule has 1 fully saturated rings. The maximum Gasteiger partial charge on any atom is 0.220 e. The van der Waals surface area contributed by atoms with Gasteiger partial charge in [0.1, 0.15) is 0 Å². The first kappa shape index (κ1) is 23.2. The summed E-state index contributed by atoms with van der Waals surface area (Å²) in [6, 6.07) is 19.8. The number of carbonyl (C=O) groups excluding carboxylic acids is 1.